The van der Waals surface area contributed by atoms with Crippen LogP contribution in [0, 0.1) is 6.92 Å². The molecule has 0 aliphatic carbocycles. The van der Waals surface area contributed by atoms with Crippen LogP contribution in [0.4, 0.5) is 5.69 Å². The van der Waals surface area contributed by atoms with Crippen LogP contribution in [0.2, 0.25) is 0 Å². The number of primary amides is 1. The van der Waals surface area contributed by atoms with E-state index in [1.54, 1.807) is 23.9 Å². The standard InChI is InChI=1S/C23H23N5O3/c1-15-12-16(8-9-18(15)22(24)29)20-14-26-23-19(25-10-11-30-2)13-21(27-28(20)23)31-17-6-4-3-5-7-17/h3-9,12-14,25H,10-11H2,1-2H3,(H2,24,29). The lowest BCUT2D eigenvalue weighted by atomic mass is 10.0. The average Bonchev–Trinajstić information content (AvgIpc) is 3.18. The molecule has 0 unspecified atom stereocenters. The van der Waals surface area contributed by atoms with E-state index in [0.29, 0.717) is 36.0 Å². The topological polar surface area (TPSA) is 104 Å². The number of nitrogens with two attached hydrogens (primary N) is 1. The van der Waals surface area contributed by atoms with Crippen LogP contribution in [0.15, 0.2) is 60.8 Å². The maximum absolute atomic E-state index is 11.6. The largest absolute Gasteiger partial charge is 0.438 e. The first-order valence-corrected chi connectivity index (χ1v) is 9.82. The van der Waals surface area contributed by atoms with Gasteiger partial charge in [0.25, 0.3) is 0 Å². The molecule has 0 saturated heterocycles. The molecule has 31 heavy (non-hydrogen) atoms. The Morgan fingerprint density at radius 1 is 1.16 bits per heavy atom. The van der Waals surface area contributed by atoms with Crippen molar-refractivity contribution in [2.45, 2.75) is 6.92 Å². The summed E-state index contributed by atoms with van der Waals surface area (Å²) in [6, 6.07) is 16.7. The number of benzene rings is 2. The molecule has 0 atom stereocenters. The van der Waals surface area contributed by atoms with Crippen molar-refractivity contribution in [1.29, 1.82) is 0 Å². The average molecular weight is 417 g/mol. The van der Waals surface area contributed by atoms with Crippen molar-refractivity contribution in [3.8, 4) is 22.9 Å². The number of carbonyl (C=O) groups is 1. The molecule has 0 bridgehead atoms. The van der Waals surface area contributed by atoms with Gasteiger partial charge in [-0.3, -0.25) is 4.79 Å². The third-order valence-corrected chi connectivity index (χ3v) is 4.82. The van der Waals surface area contributed by atoms with E-state index in [-0.39, 0.29) is 0 Å². The fourth-order valence-electron chi connectivity index (χ4n) is 3.32. The Hall–Kier alpha value is -3.91. The Morgan fingerprint density at radius 3 is 2.68 bits per heavy atom. The van der Waals surface area contributed by atoms with Gasteiger partial charge in [-0.25, -0.2) is 9.50 Å². The number of nitrogens with one attached hydrogen (secondary N) is 1. The summed E-state index contributed by atoms with van der Waals surface area (Å²) in [6.07, 6.45) is 1.74. The summed E-state index contributed by atoms with van der Waals surface area (Å²) >= 11 is 0. The molecular formula is C23H23N5O3. The molecule has 2 heterocycles. The number of aryl methyl sites for hydroxylation is 1. The Balaban J connectivity index is 1.79. The number of carbonyl (C=O) groups excluding carboxylic acids is 1. The lowest BCUT2D eigenvalue weighted by Gasteiger charge is -2.12. The number of para-hydroxylation sites is 1. The highest BCUT2D eigenvalue weighted by Gasteiger charge is 2.15. The van der Waals surface area contributed by atoms with E-state index in [1.165, 1.54) is 0 Å². The Morgan fingerprint density at radius 2 is 1.97 bits per heavy atom. The molecule has 8 nitrogen and oxygen atoms in total. The minimum atomic E-state index is -0.455. The summed E-state index contributed by atoms with van der Waals surface area (Å²) in [5.74, 6) is 0.646. The van der Waals surface area contributed by atoms with E-state index in [2.05, 4.69) is 15.4 Å². The van der Waals surface area contributed by atoms with Crippen LogP contribution < -0.4 is 15.8 Å². The van der Waals surface area contributed by atoms with Crippen molar-refractivity contribution in [1.82, 2.24) is 14.6 Å². The summed E-state index contributed by atoms with van der Waals surface area (Å²) in [6.45, 7) is 3.00. The maximum atomic E-state index is 11.6. The van der Waals surface area contributed by atoms with Gasteiger partial charge < -0.3 is 20.5 Å². The van der Waals surface area contributed by atoms with E-state index in [4.69, 9.17) is 15.2 Å². The number of amides is 1. The number of hydrogen-bond acceptors (Lipinski definition) is 6. The summed E-state index contributed by atoms with van der Waals surface area (Å²) in [5.41, 5.74) is 9.77. The molecule has 158 valence electrons. The Kier molecular flexibility index (Phi) is 5.81. The van der Waals surface area contributed by atoms with Gasteiger partial charge in [0.15, 0.2) is 5.65 Å². The first kappa shape index (κ1) is 20.4. The molecule has 3 N–H and O–H groups in total. The highest BCUT2D eigenvalue weighted by molar-refractivity contribution is 5.94. The summed E-state index contributed by atoms with van der Waals surface area (Å²) < 4.78 is 12.8. The number of methoxy groups -OCH3 is 1. The van der Waals surface area contributed by atoms with Crippen molar-refractivity contribution < 1.29 is 14.3 Å². The van der Waals surface area contributed by atoms with Crippen LogP contribution in [0.5, 0.6) is 11.6 Å². The van der Waals surface area contributed by atoms with Crippen molar-refractivity contribution in [2.24, 2.45) is 5.73 Å². The molecular weight excluding hydrogens is 394 g/mol. The van der Waals surface area contributed by atoms with E-state index in [0.717, 1.165) is 22.5 Å². The zero-order chi connectivity index (χ0) is 21.8. The number of imidazole rings is 1. The fraction of sp³-hybridized carbons (Fsp3) is 0.174. The monoisotopic (exact) mass is 417 g/mol. The van der Waals surface area contributed by atoms with Crippen LogP contribution in [0.3, 0.4) is 0 Å². The van der Waals surface area contributed by atoms with Gasteiger partial charge in [-0.1, -0.05) is 24.3 Å². The number of ether oxygens (including phenoxy) is 2. The third-order valence-electron chi connectivity index (χ3n) is 4.82. The molecule has 2 aromatic carbocycles. The summed E-state index contributed by atoms with van der Waals surface area (Å²) in [7, 11) is 1.65. The van der Waals surface area contributed by atoms with Crippen molar-refractivity contribution >= 4 is 17.2 Å². The number of fused-ring (bicyclic) bond motifs is 1. The van der Waals surface area contributed by atoms with E-state index >= 15 is 0 Å². The Bertz CT molecular complexity index is 1220. The molecule has 2 aromatic heterocycles. The highest BCUT2D eigenvalue weighted by atomic mass is 16.5. The van der Waals surface area contributed by atoms with Gasteiger partial charge in [0.1, 0.15) is 5.75 Å². The van der Waals surface area contributed by atoms with Gasteiger partial charge in [-0.2, -0.15) is 0 Å². The molecule has 0 aliphatic heterocycles. The van der Waals surface area contributed by atoms with Gasteiger partial charge >= 0.3 is 0 Å². The molecule has 0 spiro atoms. The van der Waals surface area contributed by atoms with Gasteiger partial charge in [0.05, 0.1) is 24.2 Å². The molecule has 4 rings (SSSR count). The number of nitrogens with zero attached hydrogens (tertiary/aromatic N) is 3. The second-order valence-electron chi connectivity index (χ2n) is 7.00. The zero-order valence-electron chi connectivity index (χ0n) is 17.3. The minimum absolute atomic E-state index is 0.420. The zero-order valence-corrected chi connectivity index (χ0v) is 17.3. The predicted octanol–water partition coefficient (Wildman–Crippen LogP) is 3.65. The summed E-state index contributed by atoms with van der Waals surface area (Å²) in [5, 5.41) is 7.98. The predicted molar refractivity (Wildman–Crippen MR) is 119 cm³/mol. The number of hydrogen-bond donors (Lipinski definition) is 2. The lowest BCUT2D eigenvalue weighted by Crippen LogP contribution is -2.12. The van der Waals surface area contributed by atoms with Gasteiger partial charge in [-0.15, -0.1) is 5.10 Å². The SMILES string of the molecule is COCCNc1cc(Oc2ccccc2)nn2c(-c3ccc(C(N)=O)c(C)c3)cnc12. The third kappa shape index (κ3) is 4.34. The molecule has 1 amide bonds. The lowest BCUT2D eigenvalue weighted by molar-refractivity contribution is 0.0999. The Labute approximate surface area is 179 Å². The van der Waals surface area contributed by atoms with Gasteiger partial charge in [-0.05, 0) is 36.8 Å². The molecule has 0 saturated carbocycles. The first-order chi connectivity index (χ1) is 15.1. The normalized spacial score (nSPS) is 10.9. The van der Waals surface area contributed by atoms with Crippen LogP contribution in [-0.2, 0) is 4.74 Å². The number of aromatic nitrogens is 3. The van der Waals surface area contributed by atoms with Crippen LogP contribution in [-0.4, -0.2) is 40.8 Å². The minimum Gasteiger partial charge on any atom is -0.438 e. The first-order valence-electron chi connectivity index (χ1n) is 9.82. The van der Waals surface area contributed by atoms with Crippen LogP contribution in [0.25, 0.3) is 16.9 Å². The molecule has 8 heteroatoms. The quantitative estimate of drug-likeness (QED) is 0.424. The molecule has 0 aliphatic rings. The van der Waals surface area contributed by atoms with E-state index in [1.807, 2.05) is 55.5 Å². The highest BCUT2D eigenvalue weighted by Crippen LogP contribution is 2.29. The maximum Gasteiger partial charge on any atom is 0.248 e. The number of rotatable bonds is 8. The van der Waals surface area contributed by atoms with E-state index in [9.17, 15) is 4.79 Å². The van der Waals surface area contributed by atoms with E-state index < -0.39 is 5.91 Å². The second-order valence-corrected chi connectivity index (χ2v) is 7.00. The smallest absolute Gasteiger partial charge is 0.248 e. The summed E-state index contributed by atoms with van der Waals surface area (Å²) in [4.78, 5) is 16.1. The molecule has 0 fully saturated rings. The van der Waals surface area contributed by atoms with Crippen molar-refractivity contribution in [3.63, 3.8) is 0 Å². The fourth-order valence-corrected chi connectivity index (χ4v) is 3.32. The number of anilines is 1. The van der Waals surface area contributed by atoms with Gasteiger partial charge in [0, 0.05) is 30.8 Å². The van der Waals surface area contributed by atoms with Crippen molar-refractivity contribution in [2.75, 3.05) is 25.6 Å². The molecule has 0 radical (unpaired) electrons. The van der Waals surface area contributed by atoms with Crippen molar-refractivity contribution in [3.05, 3.63) is 71.9 Å². The second kappa shape index (κ2) is 8.85. The van der Waals surface area contributed by atoms with Crippen LogP contribution >= 0.6 is 0 Å². The van der Waals surface area contributed by atoms with Crippen LogP contribution in [0.1, 0.15) is 15.9 Å². The van der Waals surface area contributed by atoms with Gasteiger partial charge in [0.2, 0.25) is 11.8 Å². The molecule has 4 aromatic rings.